The molecule has 1 N–H and O–H groups in total. The summed E-state index contributed by atoms with van der Waals surface area (Å²) >= 11 is 9.45. The average Bonchev–Trinajstić information content (AvgIpc) is 2.61. The number of halogens is 2. The molecule has 0 aromatic heterocycles. The maximum Gasteiger partial charge on any atom is 0.255 e. The summed E-state index contributed by atoms with van der Waals surface area (Å²) in [5, 5.41) is 3.47. The molecule has 25 heavy (non-hydrogen) atoms. The molecule has 4 rings (SSSR count). The molecule has 0 bridgehead atoms. The van der Waals surface area contributed by atoms with Gasteiger partial charge in [0.05, 0.1) is 11.3 Å². The van der Waals surface area contributed by atoms with Gasteiger partial charge in [0.1, 0.15) is 25.6 Å². The van der Waals surface area contributed by atoms with Gasteiger partial charge in [0.15, 0.2) is 11.5 Å². The van der Waals surface area contributed by atoms with Gasteiger partial charge in [-0.25, -0.2) is 0 Å². The van der Waals surface area contributed by atoms with E-state index in [0.29, 0.717) is 51.2 Å². The van der Waals surface area contributed by atoms with E-state index in [0.717, 1.165) is 5.56 Å². The molecule has 2 aliphatic rings. The Labute approximate surface area is 157 Å². The lowest BCUT2D eigenvalue weighted by Gasteiger charge is -2.21. The summed E-state index contributed by atoms with van der Waals surface area (Å²) in [6.45, 7) is 1.19. The molecule has 0 saturated carbocycles. The van der Waals surface area contributed by atoms with E-state index in [4.69, 9.17) is 25.8 Å². The van der Waals surface area contributed by atoms with Gasteiger partial charge in [-0.2, -0.15) is 0 Å². The summed E-state index contributed by atoms with van der Waals surface area (Å²) in [4.78, 5) is 12.6. The molecule has 2 aromatic carbocycles. The van der Waals surface area contributed by atoms with Crippen molar-refractivity contribution in [2.45, 2.75) is 0 Å². The molecule has 7 heteroatoms. The zero-order valence-electron chi connectivity index (χ0n) is 13.0. The molecule has 2 aromatic rings. The smallest absolute Gasteiger partial charge is 0.255 e. The Morgan fingerprint density at radius 3 is 2.60 bits per heavy atom. The van der Waals surface area contributed by atoms with Crippen molar-refractivity contribution in [3.63, 3.8) is 0 Å². The van der Waals surface area contributed by atoms with E-state index < -0.39 is 0 Å². The van der Waals surface area contributed by atoms with E-state index in [1.54, 1.807) is 36.4 Å². The molecule has 0 unspecified atom stereocenters. The molecule has 5 nitrogen and oxygen atoms in total. The molecular weight excluding hydrogens is 410 g/mol. The average molecular weight is 423 g/mol. The van der Waals surface area contributed by atoms with Gasteiger partial charge < -0.3 is 19.5 Å². The number of ether oxygens (including phenoxy) is 3. The number of anilines is 1. The minimum atomic E-state index is -0.247. The van der Waals surface area contributed by atoms with Gasteiger partial charge in [0, 0.05) is 27.2 Å². The predicted molar refractivity (Wildman–Crippen MR) is 98.7 cm³/mol. The summed E-state index contributed by atoms with van der Waals surface area (Å²) in [6.07, 6.45) is 1.78. The molecule has 128 valence electrons. The first-order valence-corrected chi connectivity index (χ1v) is 8.81. The van der Waals surface area contributed by atoms with Gasteiger partial charge in [-0.05, 0) is 40.2 Å². The highest BCUT2D eigenvalue weighted by atomic mass is 79.9. The Morgan fingerprint density at radius 2 is 1.80 bits per heavy atom. The van der Waals surface area contributed by atoms with E-state index in [2.05, 4.69) is 21.2 Å². The van der Waals surface area contributed by atoms with Crippen molar-refractivity contribution in [3.05, 3.63) is 51.0 Å². The molecule has 2 heterocycles. The zero-order chi connectivity index (χ0) is 17.4. The number of amides is 1. The second-order valence-corrected chi connectivity index (χ2v) is 6.86. The second-order valence-electron chi connectivity index (χ2n) is 5.57. The normalized spacial score (nSPS) is 14.9. The number of carbonyl (C=O) groups is 1. The molecule has 0 spiro atoms. The quantitative estimate of drug-likeness (QED) is 0.784. The fourth-order valence-corrected chi connectivity index (χ4v) is 3.24. The number of benzene rings is 2. The minimum absolute atomic E-state index is 0.197. The third kappa shape index (κ3) is 3.32. The highest BCUT2D eigenvalue weighted by molar-refractivity contribution is 9.10. The largest absolute Gasteiger partial charge is 0.488 e. The van der Waals surface area contributed by atoms with Crippen LogP contribution >= 0.6 is 27.5 Å². The SMILES string of the molecule is O=C(Nc1cc2c(cc1Br)OCCO2)C1=Cc2cc(Cl)ccc2OC1. The van der Waals surface area contributed by atoms with Gasteiger partial charge in [-0.1, -0.05) is 11.6 Å². The van der Waals surface area contributed by atoms with Crippen LogP contribution in [0, 0.1) is 0 Å². The monoisotopic (exact) mass is 421 g/mol. The first-order chi connectivity index (χ1) is 12.1. The molecule has 0 atom stereocenters. The van der Waals surface area contributed by atoms with Crippen LogP contribution in [0.4, 0.5) is 5.69 Å². The molecule has 0 saturated heterocycles. The topological polar surface area (TPSA) is 56.8 Å². The van der Waals surface area contributed by atoms with E-state index in [1.165, 1.54) is 0 Å². The Morgan fingerprint density at radius 1 is 1.04 bits per heavy atom. The lowest BCUT2D eigenvalue weighted by Crippen LogP contribution is -2.22. The number of rotatable bonds is 2. The summed E-state index contributed by atoms with van der Waals surface area (Å²) in [7, 11) is 0. The Kier molecular flexibility index (Phi) is 4.31. The number of hydrogen-bond acceptors (Lipinski definition) is 4. The van der Waals surface area contributed by atoms with Crippen molar-refractivity contribution >= 4 is 45.2 Å². The maximum atomic E-state index is 12.6. The fourth-order valence-electron chi connectivity index (χ4n) is 2.64. The third-order valence-corrected chi connectivity index (χ3v) is 4.75. The predicted octanol–water partition coefficient (Wildman–Crippen LogP) is 4.29. The highest BCUT2D eigenvalue weighted by Gasteiger charge is 2.20. The van der Waals surface area contributed by atoms with Crippen LogP contribution in [-0.2, 0) is 4.79 Å². The van der Waals surface area contributed by atoms with E-state index in [1.807, 2.05) is 0 Å². The first kappa shape index (κ1) is 16.3. The molecule has 2 aliphatic heterocycles. The van der Waals surface area contributed by atoms with Crippen molar-refractivity contribution in [3.8, 4) is 17.2 Å². The van der Waals surface area contributed by atoms with Crippen LogP contribution in [0.5, 0.6) is 17.2 Å². The molecule has 0 fully saturated rings. The van der Waals surface area contributed by atoms with Crippen molar-refractivity contribution in [2.24, 2.45) is 0 Å². The Bertz CT molecular complexity index is 897. The molecule has 0 aliphatic carbocycles. The van der Waals surface area contributed by atoms with E-state index in [9.17, 15) is 4.79 Å². The van der Waals surface area contributed by atoms with Gasteiger partial charge in [0.2, 0.25) is 0 Å². The van der Waals surface area contributed by atoms with Gasteiger partial charge in [0.25, 0.3) is 5.91 Å². The molecular formula is C18H13BrClNO4. The molecule has 1 amide bonds. The molecule has 0 radical (unpaired) electrons. The van der Waals surface area contributed by atoms with Crippen LogP contribution in [0.1, 0.15) is 5.56 Å². The lowest BCUT2D eigenvalue weighted by atomic mass is 10.1. The Balaban J connectivity index is 1.58. The van der Waals surface area contributed by atoms with Crippen LogP contribution in [0.3, 0.4) is 0 Å². The summed E-state index contributed by atoms with van der Waals surface area (Å²) in [6, 6.07) is 8.84. The second kappa shape index (κ2) is 6.61. The van der Waals surface area contributed by atoms with Crippen molar-refractivity contribution in [2.75, 3.05) is 25.1 Å². The Hall–Kier alpha value is -2.18. The summed E-state index contributed by atoms with van der Waals surface area (Å²) in [5.41, 5.74) is 1.90. The number of nitrogens with one attached hydrogen (secondary N) is 1. The number of fused-ring (bicyclic) bond motifs is 2. The van der Waals surface area contributed by atoms with Crippen LogP contribution < -0.4 is 19.5 Å². The van der Waals surface area contributed by atoms with E-state index >= 15 is 0 Å². The lowest BCUT2D eigenvalue weighted by molar-refractivity contribution is -0.113. The van der Waals surface area contributed by atoms with Gasteiger partial charge in [-0.15, -0.1) is 0 Å². The number of hydrogen-bond donors (Lipinski definition) is 1. The van der Waals surface area contributed by atoms with Crippen LogP contribution in [-0.4, -0.2) is 25.7 Å². The maximum absolute atomic E-state index is 12.6. The third-order valence-electron chi connectivity index (χ3n) is 3.86. The van der Waals surface area contributed by atoms with Crippen molar-refractivity contribution < 1.29 is 19.0 Å². The van der Waals surface area contributed by atoms with Crippen molar-refractivity contribution in [1.82, 2.24) is 0 Å². The van der Waals surface area contributed by atoms with E-state index in [-0.39, 0.29) is 12.5 Å². The first-order valence-electron chi connectivity index (χ1n) is 7.63. The van der Waals surface area contributed by atoms with Gasteiger partial charge in [-0.3, -0.25) is 4.79 Å². The zero-order valence-corrected chi connectivity index (χ0v) is 15.3. The number of carbonyl (C=O) groups excluding carboxylic acids is 1. The van der Waals surface area contributed by atoms with Crippen molar-refractivity contribution in [1.29, 1.82) is 0 Å². The highest BCUT2D eigenvalue weighted by Crippen LogP contribution is 2.38. The minimum Gasteiger partial charge on any atom is -0.488 e. The van der Waals surface area contributed by atoms with Crippen LogP contribution in [0.2, 0.25) is 5.02 Å². The summed E-state index contributed by atoms with van der Waals surface area (Å²) < 4.78 is 17.4. The van der Waals surface area contributed by atoms with Crippen LogP contribution in [0.25, 0.3) is 6.08 Å². The standard InChI is InChI=1S/C18H13BrClNO4/c19-13-7-16-17(24-4-3-23-16)8-14(13)21-18(22)11-5-10-6-12(20)1-2-15(10)25-9-11/h1-2,5-8H,3-4,9H2,(H,21,22). The fraction of sp³-hybridized carbons (Fsp3) is 0.167. The van der Waals surface area contributed by atoms with Crippen LogP contribution in [0.15, 0.2) is 40.4 Å². The summed E-state index contributed by atoms with van der Waals surface area (Å²) in [5.74, 6) is 1.72. The van der Waals surface area contributed by atoms with Gasteiger partial charge >= 0.3 is 0 Å².